The Kier molecular flexibility index (Phi) is 48.8. The monoisotopic (exact) mass is 859 g/mol. The van der Waals surface area contributed by atoms with Crippen LogP contribution in [0.4, 0.5) is 0 Å². The van der Waals surface area contributed by atoms with Crippen molar-refractivity contribution in [3.63, 3.8) is 0 Å². The number of unbranched alkanes of at least 4 members (excludes halogenated alkanes) is 34. The van der Waals surface area contributed by atoms with Gasteiger partial charge in [0.2, 0.25) is 0 Å². The third kappa shape index (κ3) is 48.8. The molecule has 6 nitrogen and oxygen atoms in total. The van der Waals surface area contributed by atoms with Gasteiger partial charge in [0.15, 0.2) is 6.10 Å². The highest BCUT2D eigenvalue weighted by atomic mass is 16.6. The van der Waals surface area contributed by atoms with Crippen molar-refractivity contribution >= 4 is 17.9 Å². The average Bonchev–Trinajstić information content (AvgIpc) is 3.26. The minimum absolute atomic E-state index is 0.0724. The van der Waals surface area contributed by atoms with Gasteiger partial charge in [0.25, 0.3) is 0 Å². The first-order valence-electron chi connectivity index (χ1n) is 26.8. The zero-order chi connectivity index (χ0) is 44.4. The highest BCUT2D eigenvalue weighted by Crippen LogP contribution is 2.16. The van der Waals surface area contributed by atoms with E-state index in [2.05, 4.69) is 45.1 Å². The Morgan fingerprint density at radius 3 is 0.934 bits per heavy atom. The second-order valence-electron chi connectivity index (χ2n) is 18.2. The summed E-state index contributed by atoms with van der Waals surface area (Å²) in [4.78, 5) is 37.9. The Balaban J connectivity index is 4.22. The molecule has 6 heteroatoms. The zero-order valence-electron chi connectivity index (χ0n) is 40.9. The van der Waals surface area contributed by atoms with Crippen molar-refractivity contribution in [1.82, 2.24) is 0 Å². The Morgan fingerprint density at radius 1 is 0.328 bits per heavy atom. The number of allylic oxidation sites excluding steroid dienone is 4. The van der Waals surface area contributed by atoms with Crippen LogP contribution in [0.5, 0.6) is 0 Å². The molecule has 1 unspecified atom stereocenters. The second kappa shape index (κ2) is 50.5. The fourth-order valence-corrected chi connectivity index (χ4v) is 7.89. The number of hydrogen-bond donors (Lipinski definition) is 0. The fourth-order valence-electron chi connectivity index (χ4n) is 7.89. The highest BCUT2D eigenvalue weighted by molar-refractivity contribution is 5.71. The van der Waals surface area contributed by atoms with Crippen molar-refractivity contribution < 1.29 is 28.6 Å². The van der Waals surface area contributed by atoms with Gasteiger partial charge in [-0.3, -0.25) is 14.4 Å². The van der Waals surface area contributed by atoms with Gasteiger partial charge in [-0.2, -0.15) is 0 Å². The van der Waals surface area contributed by atoms with Crippen molar-refractivity contribution in [2.45, 2.75) is 297 Å². The van der Waals surface area contributed by atoms with Gasteiger partial charge in [0.05, 0.1) is 0 Å². The van der Waals surface area contributed by atoms with Crippen molar-refractivity contribution in [2.75, 3.05) is 13.2 Å². The van der Waals surface area contributed by atoms with E-state index >= 15 is 0 Å². The molecular formula is C55H102O6. The molecular weight excluding hydrogens is 757 g/mol. The largest absolute Gasteiger partial charge is 0.462 e. The van der Waals surface area contributed by atoms with Gasteiger partial charge in [0.1, 0.15) is 13.2 Å². The lowest BCUT2D eigenvalue weighted by Crippen LogP contribution is -2.30. The van der Waals surface area contributed by atoms with Crippen LogP contribution in [-0.2, 0) is 28.6 Å². The number of carbonyl (C=O) groups is 3. The summed E-state index contributed by atoms with van der Waals surface area (Å²) in [6, 6.07) is 0. The summed E-state index contributed by atoms with van der Waals surface area (Å²) >= 11 is 0. The van der Waals surface area contributed by atoms with E-state index < -0.39 is 6.10 Å². The summed E-state index contributed by atoms with van der Waals surface area (Å²) in [6.45, 7) is 6.61. The molecule has 0 saturated carbocycles. The molecule has 0 rings (SSSR count). The average molecular weight is 859 g/mol. The predicted molar refractivity (Wildman–Crippen MR) is 261 cm³/mol. The van der Waals surface area contributed by atoms with Crippen molar-refractivity contribution in [3.8, 4) is 0 Å². The smallest absolute Gasteiger partial charge is 0.306 e. The zero-order valence-corrected chi connectivity index (χ0v) is 40.9. The first kappa shape index (κ1) is 58.9. The van der Waals surface area contributed by atoms with Gasteiger partial charge >= 0.3 is 17.9 Å². The van der Waals surface area contributed by atoms with Crippen LogP contribution in [0.3, 0.4) is 0 Å². The third-order valence-electron chi connectivity index (χ3n) is 12.0. The Bertz CT molecular complexity index is 989. The summed E-state index contributed by atoms with van der Waals surface area (Å²) in [7, 11) is 0. The molecule has 0 aromatic rings. The third-order valence-corrected chi connectivity index (χ3v) is 12.0. The minimum Gasteiger partial charge on any atom is -0.462 e. The standard InChI is InChI=1S/C55H102O6/c1-4-7-10-13-16-19-21-23-25-26-27-28-29-31-32-34-36-39-42-45-48-54(57)60-51-52(50-59-53(56)47-44-41-38-18-15-12-9-6-3)61-55(58)49-46-43-40-37-35-33-30-24-22-20-17-14-11-8-5-2/h17,20,24,30,52H,4-16,18-19,21-23,25-29,31-51H2,1-3H3/b20-17-,30-24-. The number of hydrogen-bond acceptors (Lipinski definition) is 6. The van der Waals surface area contributed by atoms with E-state index in [0.717, 1.165) is 77.0 Å². The summed E-state index contributed by atoms with van der Waals surface area (Å²) in [5, 5.41) is 0. The van der Waals surface area contributed by atoms with Crippen LogP contribution in [0.2, 0.25) is 0 Å². The van der Waals surface area contributed by atoms with Gasteiger partial charge in [-0.05, 0) is 51.4 Å². The molecule has 0 amide bonds. The molecule has 0 bridgehead atoms. The van der Waals surface area contributed by atoms with Crippen LogP contribution in [0.1, 0.15) is 290 Å². The normalized spacial score (nSPS) is 12.1. The predicted octanol–water partition coefficient (Wildman–Crippen LogP) is 17.5. The summed E-state index contributed by atoms with van der Waals surface area (Å²) in [5.74, 6) is -0.876. The maximum Gasteiger partial charge on any atom is 0.306 e. The van der Waals surface area contributed by atoms with Gasteiger partial charge in [0, 0.05) is 19.3 Å². The van der Waals surface area contributed by atoms with Crippen LogP contribution in [0, 0.1) is 0 Å². The quantitative estimate of drug-likeness (QED) is 0.0262. The number of ether oxygens (including phenoxy) is 3. The Morgan fingerprint density at radius 2 is 0.590 bits per heavy atom. The van der Waals surface area contributed by atoms with E-state index in [1.807, 2.05) is 0 Å². The molecule has 0 spiro atoms. The molecule has 0 aliphatic rings. The molecule has 0 aliphatic carbocycles. The van der Waals surface area contributed by atoms with Crippen molar-refractivity contribution in [2.24, 2.45) is 0 Å². The topological polar surface area (TPSA) is 78.9 Å². The molecule has 61 heavy (non-hydrogen) atoms. The van der Waals surface area contributed by atoms with Gasteiger partial charge in [-0.25, -0.2) is 0 Å². The number of rotatable bonds is 49. The molecule has 0 heterocycles. The van der Waals surface area contributed by atoms with Gasteiger partial charge in [-0.1, -0.05) is 244 Å². The number of carbonyl (C=O) groups excluding carboxylic acids is 3. The van der Waals surface area contributed by atoms with E-state index in [4.69, 9.17) is 14.2 Å². The van der Waals surface area contributed by atoms with Crippen LogP contribution < -0.4 is 0 Å². The van der Waals surface area contributed by atoms with E-state index in [9.17, 15) is 14.4 Å². The highest BCUT2D eigenvalue weighted by Gasteiger charge is 2.19. The Labute approximate surface area is 379 Å². The lowest BCUT2D eigenvalue weighted by molar-refractivity contribution is -0.167. The molecule has 0 radical (unpaired) electrons. The molecule has 358 valence electrons. The summed E-state index contributed by atoms with van der Waals surface area (Å²) < 4.78 is 16.8. The van der Waals surface area contributed by atoms with Crippen LogP contribution in [-0.4, -0.2) is 37.2 Å². The Hall–Kier alpha value is -2.11. The maximum atomic E-state index is 12.8. The van der Waals surface area contributed by atoms with E-state index in [0.29, 0.717) is 19.3 Å². The molecule has 0 aromatic carbocycles. The van der Waals surface area contributed by atoms with E-state index in [-0.39, 0.29) is 31.1 Å². The van der Waals surface area contributed by atoms with E-state index in [1.165, 1.54) is 173 Å². The van der Waals surface area contributed by atoms with Crippen molar-refractivity contribution in [3.05, 3.63) is 24.3 Å². The first-order valence-corrected chi connectivity index (χ1v) is 26.8. The van der Waals surface area contributed by atoms with Crippen LogP contribution in [0.15, 0.2) is 24.3 Å². The lowest BCUT2D eigenvalue weighted by Gasteiger charge is -2.18. The fraction of sp³-hybridized carbons (Fsp3) is 0.873. The minimum atomic E-state index is -0.771. The van der Waals surface area contributed by atoms with E-state index in [1.54, 1.807) is 0 Å². The van der Waals surface area contributed by atoms with Crippen LogP contribution >= 0.6 is 0 Å². The molecule has 0 saturated heterocycles. The van der Waals surface area contributed by atoms with Crippen LogP contribution in [0.25, 0.3) is 0 Å². The maximum absolute atomic E-state index is 12.8. The molecule has 0 fully saturated rings. The second-order valence-corrected chi connectivity index (χ2v) is 18.2. The molecule has 0 aromatic heterocycles. The molecule has 0 aliphatic heterocycles. The van der Waals surface area contributed by atoms with Gasteiger partial charge < -0.3 is 14.2 Å². The summed E-state index contributed by atoms with van der Waals surface area (Å²) in [6.07, 6.45) is 57.5. The first-order chi connectivity index (χ1) is 30.0. The van der Waals surface area contributed by atoms with Gasteiger partial charge in [-0.15, -0.1) is 0 Å². The molecule has 1 atom stereocenters. The lowest BCUT2D eigenvalue weighted by atomic mass is 10.0. The summed E-state index contributed by atoms with van der Waals surface area (Å²) in [5.41, 5.74) is 0. The SMILES string of the molecule is CCCCC/C=C\C/C=C\CCCCCCCC(=O)OC(COC(=O)CCCCCCCCCC)COC(=O)CCCCCCCCCCCCCCCCCCCCCC. The molecule has 0 N–H and O–H groups in total. The van der Waals surface area contributed by atoms with Crippen molar-refractivity contribution in [1.29, 1.82) is 0 Å². The number of esters is 3.